The Morgan fingerprint density at radius 2 is 1.95 bits per heavy atom. The fourth-order valence-electron chi connectivity index (χ4n) is 2.57. The molecule has 2 aromatic heterocycles. The molecule has 0 fully saturated rings. The summed E-state index contributed by atoms with van der Waals surface area (Å²) in [6, 6.07) is 13.1. The van der Waals surface area contributed by atoms with Crippen LogP contribution in [-0.4, -0.2) is 16.1 Å². The number of hydrogen-bond acceptors (Lipinski definition) is 3. The van der Waals surface area contributed by atoms with Crippen LogP contribution in [0.3, 0.4) is 0 Å². The van der Waals surface area contributed by atoms with Gasteiger partial charge in [-0.1, -0.05) is 30.3 Å². The second-order valence-corrected chi connectivity index (χ2v) is 4.65. The number of carbonyl (C=O) groups excluding carboxylic acids is 1. The fourth-order valence-corrected chi connectivity index (χ4v) is 2.57. The molecule has 0 saturated heterocycles. The first-order valence-corrected chi connectivity index (χ1v) is 6.32. The Morgan fingerprint density at radius 1 is 1.10 bits per heavy atom. The summed E-state index contributed by atoms with van der Waals surface area (Å²) in [7, 11) is 0. The van der Waals surface area contributed by atoms with Crippen LogP contribution in [0, 0.1) is 0 Å². The van der Waals surface area contributed by atoms with Crippen LogP contribution in [0.25, 0.3) is 11.3 Å². The summed E-state index contributed by atoms with van der Waals surface area (Å²) in [5.74, 6) is 0.548. The maximum atomic E-state index is 12.0. The van der Waals surface area contributed by atoms with E-state index in [1.165, 1.54) is 0 Å². The Bertz CT molecular complexity index is 760. The average Bonchev–Trinajstić information content (AvgIpc) is 3.18. The summed E-state index contributed by atoms with van der Waals surface area (Å²) in [6.45, 7) is 0. The van der Waals surface area contributed by atoms with E-state index in [9.17, 15) is 4.79 Å². The van der Waals surface area contributed by atoms with Crippen LogP contribution in [0.1, 0.15) is 27.9 Å². The minimum absolute atomic E-state index is 0.156. The van der Waals surface area contributed by atoms with Crippen molar-refractivity contribution in [1.29, 1.82) is 0 Å². The van der Waals surface area contributed by atoms with Gasteiger partial charge in [0, 0.05) is 11.1 Å². The van der Waals surface area contributed by atoms with Crippen molar-refractivity contribution in [2.75, 3.05) is 0 Å². The molecule has 0 spiro atoms. The first-order chi connectivity index (χ1) is 9.84. The normalized spacial score (nSPS) is 17.0. The molecule has 0 saturated carbocycles. The van der Waals surface area contributed by atoms with E-state index in [0.29, 0.717) is 11.5 Å². The van der Waals surface area contributed by atoms with E-state index in [1.54, 1.807) is 6.26 Å². The summed E-state index contributed by atoms with van der Waals surface area (Å²) in [6.07, 6.45) is 1.60. The number of H-pyrrole nitrogens is 1. The highest BCUT2D eigenvalue weighted by Gasteiger charge is 2.36. The number of hydrogen-bond donors (Lipinski definition) is 2. The number of fused-ring (bicyclic) bond motifs is 1. The minimum atomic E-state index is -0.290. The zero-order valence-electron chi connectivity index (χ0n) is 10.5. The first-order valence-electron chi connectivity index (χ1n) is 6.32. The molecular formula is C15H11N3O2. The SMILES string of the molecule is O=C1N[C@H](c2ccco2)c2c(-c3ccccc3)n[nH]c21. The molecule has 3 heterocycles. The smallest absolute Gasteiger partial charge is 0.270 e. The van der Waals surface area contributed by atoms with Crippen molar-refractivity contribution in [3.05, 3.63) is 65.7 Å². The number of nitrogens with zero attached hydrogens (tertiary/aromatic N) is 1. The van der Waals surface area contributed by atoms with Crippen LogP contribution < -0.4 is 5.32 Å². The summed E-state index contributed by atoms with van der Waals surface area (Å²) in [4.78, 5) is 12.0. The second-order valence-electron chi connectivity index (χ2n) is 4.65. The molecule has 3 aromatic rings. The largest absolute Gasteiger partial charge is 0.467 e. The van der Waals surface area contributed by atoms with Gasteiger partial charge in [0.05, 0.1) is 12.0 Å². The molecule has 1 aromatic carbocycles. The molecule has 0 bridgehead atoms. The Morgan fingerprint density at radius 3 is 2.70 bits per heavy atom. The monoisotopic (exact) mass is 265 g/mol. The molecule has 0 unspecified atom stereocenters. The number of rotatable bonds is 2. The van der Waals surface area contributed by atoms with Gasteiger partial charge >= 0.3 is 0 Å². The molecular weight excluding hydrogens is 254 g/mol. The van der Waals surface area contributed by atoms with Gasteiger partial charge in [-0.05, 0) is 12.1 Å². The van der Waals surface area contributed by atoms with Crippen molar-refractivity contribution < 1.29 is 9.21 Å². The van der Waals surface area contributed by atoms with Gasteiger partial charge in [-0.15, -0.1) is 0 Å². The fraction of sp³-hybridized carbons (Fsp3) is 0.0667. The molecule has 0 radical (unpaired) electrons. The number of nitrogens with one attached hydrogen (secondary N) is 2. The molecule has 1 amide bonds. The van der Waals surface area contributed by atoms with E-state index in [-0.39, 0.29) is 11.9 Å². The maximum absolute atomic E-state index is 12.0. The van der Waals surface area contributed by atoms with Crippen molar-refractivity contribution in [3.63, 3.8) is 0 Å². The lowest BCUT2D eigenvalue weighted by Gasteiger charge is -2.09. The van der Waals surface area contributed by atoms with Gasteiger partial charge in [-0.3, -0.25) is 9.89 Å². The van der Waals surface area contributed by atoms with Crippen LogP contribution in [0.5, 0.6) is 0 Å². The number of amides is 1. The van der Waals surface area contributed by atoms with Gasteiger partial charge in [0.25, 0.3) is 5.91 Å². The standard InChI is InChI=1S/C15H11N3O2/c19-15-14-11(13(16-15)10-7-4-8-20-10)12(17-18-14)9-5-2-1-3-6-9/h1-8,13H,(H,16,19)(H,17,18)/t13-/m1/s1. The lowest BCUT2D eigenvalue weighted by Crippen LogP contribution is -2.20. The molecule has 1 atom stereocenters. The van der Waals surface area contributed by atoms with Crippen LogP contribution >= 0.6 is 0 Å². The van der Waals surface area contributed by atoms with Crippen LogP contribution in [-0.2, 0) is 0 Å². The highest BCUT2D eigenvalue weighted by atomic mass is 16.3. The zero-order valence-corrected chi connectivity index (χ0v) is 10.5. The molecule has 0 aliphatic carbocycles. The number of furan rings is 1. The molecule has 98 valence electrons. The van der Waals surface area contributed by atoms with Gasteiger partial charge in [0.2, 0.25) is 0 Å². The third-order valence-corrected chi connectivity index (χ3v) is 3.47. The number of carbonyl (C=O) groups is 1. The lowest BCUT2D eigenvalue weighted by molar-refractivity contribution is 0.0953. The van der Waals surface area contributed by atoms with E-state index >= 15 is 0 Å². The quantitative estimate of drug-likeness (QED) is 0.747. The summed E-state index contributed by atoms with van der Waals surface area (Å²) in [5.41, 5.74) is 3.10. The highest BCUT2D eigenvalue weighted by Crippen LogP contribution is 2.36. The second kappa shape index (κ2) is 4.09. The first kappa shape index (κ1) is 11.0. The molecule has 4 rings (SSSR count). The number of aromatic nitrogens is 2. The Hall–Kier alpha value is -2.82. The molecule has 1 aliphatic rings. The van der Waals surface area contributed by atoms with Gasteiger partial charge in [0.15, 0.2) is 0 Å². The minimum Gasteiger partial charge on any atom is -0.467 e. The topological polar surface area (TPSA) is 70.9 Å². The number of aromatic amines is 1. The van der Waals surface area contributed by atoms with Crippen molar-refractivity contribution >= 4 is 5.91 Å². The van der Waals surface area contributed by atoms with Gasteiger partial charge in [-0.25, -0.2) is 0 Å². The summed E-state index contributed by atoms with van der Waals surface area (Å²) in [5, 5.41) is 10.0. The lowest BCUT2D eigenvalue weighted by atomic mass is 10.0. The van der Waals surface area contributed by atoms with E-state index in [4.69, 9.17) is 4.42 Å². The van der Waals surface area contributed by atoms with Crippen molar-refractivity contribution in [3.8, 4) is 11.3 Å². The van der Waals surface area contributed by atoms with Crippen molar-refractivity contribution in [2.24, 2.45) is 0 Å². The van der Waals surface area contributed by atoms with Crippen molar-refractivity contribution in [2.45, 2.75) is 6.04 Å². The van der Waals surface area contributed by atoms with Crippen LogP contribution in [0.2, 0.25) is 0 Å². The third-order valence-electron chi connectivity index (χ3n) is 3.47. The zero-order chi connectivity index (χ0) is 13.5. The van der Waals surface area contributed by atoms with Gasteiger partial charge in [-0.2, -0.15) is 5.10 Å². The van der Waals surface area contributed by atoms with E-state index in [0.717, 1.165) is 16.8 Å². The average molecular weight is 265 g/mol. The van der Waals surface area contributed by atoms with Crippen LogP contribution in [0.4, 0.5) is 0 Å². The molecule has 5 nitrogen and oxygen atoms in total. The maximum Gasteiger partial charge on any atom is 0.270 e. The predicted molar refractivity (Wildman–Crippen MR) is 72.0 cm³/mol. The third kappa shape index (κ3) is 1.50. The number of benzene rings is 1. The predicted octanol–water partition coefficient (Wildman–Crippen LogP) is 2.50. The van der Waals surface area contributed by atoms with Crippen molar-refractivity contribution in [1.82, 2.24) is 15.5 Å². The molecule has 20 heavy (non-hydrogen) atoms. The Kier molecular flexibility index (Phi) is 2.26. The molecule has 5 heteroatoms. The van der Waals surface area contributed by atoms with E-state index < -0.39 is 0 Å². The molecule has 1 aliphatic heterocycles. The van der Waals surface area contributed by atoms with Gasteiger partial charge < -0.3 is 9.73 Å². The van der Waals surface area contributed by atoms with E-state index in [2.05, 4.69) is 15.5 Å². The Labute approximate surface area is 114 Å². The van der Waals surface area contributed by atoms with Crippen LogP contribution in [0.15, 0.2) is 53.1 Å². The molecule has 2 N–H and O–H groups in total. The summed E-state index contributed by atoms with van der Waals surface area (Å²) < 4.78 is 5.43. The van der Waals surface area contributed by atoms with Gasteiger partial charge in [0.1, 0.15) is 17.5 Å². The Balaban J connectivity index is 1.90. The summed E-state index contributed by atoms with van der Waals surface area (Å²) >= 11 is 0. The van der Waals surface area contributed by atoms with E-state index in [1.807, 2.05) is 42.5 Å². The highest BCUT2D eigenvalue weighted by molar-refractivity contribution is 5.99.